The Kier molecular flexibility index (Phi) is 5.48. The third-order valence-corrected chi connectivity index (χ3v) is 3.65. The zero-order valence-corrected chi connectivity index (χ0v) is 13.9. The minimum absolute atomic E-state index is 0.243. The number of non-ortho nitro benzene ring substituents is 1. The molecule has 0 spiro atoms. The third-order valence-electron chi connectivity index (χ3n) is 3.25. The van der Waals surface area contributed by atoms with E-state index in [1.807, 2.05) is 0 Å². The molecule has 2 aromatic rings. The number of rotatable bonds is 5. The standard InChI is InChI=1S/C15H10ClN3O7/c1-26-15(21)8-2-4-9(5-3-8)17-14(20)11-6-10(18(22)23)7-12(13(11)16)19(24)25/h2-7H,1H3,(H,17,20). The molecule has 0 radical (unpaired) electrons. The largest absolute Gasteiger partial charge is 0.465 e. The highest BCUT2D eigenvalue weighted by Crippen LogP contribution is 2.33. The van der Waals surface area contributed by atoms with Crippen molar-refractivity contribution in [1.82, 2.24) is 0 Å². The maximum Gasteiger partial charge on any atom is 0.337 e. The molecule has 134 valence electrons. The van der Waals surface area contributed by atoms with Crippen LogP contribution >= 0.6 is 11.6 Å². The maximum absolute atomic E-state index is 12.3. The number of nitro groups is 2. The van der Waals surface area contributed by atoms with Crippen LogP contribution in [0.5, 0.6) is 0 Å². The van der Waals surface area contributed by atoms with Crippen LogP contribution in [0.15, 0.2) is 36.4 Å². The molecular formula is C15H10ClN3O7. The Hall–Kier alpha value is -3.53. The highest BCUT2D eigenvalue weighted by Gasteiger charge is 2.26. The van der Waals surface area contributed by atoms with Crippen molar-refractivity contribution in [2.75, 3.05) is 12.4 Å². The summed E-state index contributed by atoms with van der Waals surface area (Å²) in [5.41, 5.74) is -1.34. The molecule has 0 aliphatic rings. The average Bonchev–Trinajstić information content (AvgIpc) is 2.61. The van der Waals surface area contributed by atoms with E-state index in [0.29, 0.717) is 6.07 Å². The second-order valence-corrected chi connectivity index (χ2v) is 5.24. The molecule has 11 heteroatoms. The fourth-order valence-electron chi connectivity index (χ4n) is 2.00. The molecule has 0 unspecified atom stereocenters. The van der Waals surface area contributed by atoms with E-state index in [0.717, 1.165) is 6.07 Å². The van der Waals surface area contributed by atoms with Crippen LogP contribution in [0.1, 0.15) is 20.7 Å². The van der Waals surface area contributed by atoms with E-state index in [-0.39, 0.29) is 11.3 Å². The monoisotopic (exact) mass is 379 g/mol. The molecule has 26 heavy (non-hydrogen) atoms. The number of hydrogen-bond donors (Lipinski definition) is 1. The van der Waals surface area contributed by atoms with E-state index in [4.69, 9.17) is 11.6 Å². The lowest BCUT2D eigenvalue weighted by Crippen LogP contribution is -2.14. The van der Waals surface area contributed by atoms with E-state index in [1.165, 1.54) is 31.4 Å². The van der Waals surface area contributed by atoms with Crippen molar-refractivity contribution < 1.29 is 24.2 Å². The zero-order valence-electron chi connectivity index (χ0n) is 13.1. The summed E-state index contributed by atoms with van der Waals surface area (Å²) < 4.78 is 4.54. The van der Waals surface area contributed by atoms with E-state index in [9.17, 15) is 29.8 Å². The van der Waals surface area contributed by atoms with Crippen molar-refractivity contribution in [3.63, 3.8) is 0 Å². The minimum Gasteiger partial charge on any atom is -0.465 e. The summed E-state index contributed by atoms with van der Waals surface area (Å²) in [7, 11) is 1.22. The lowest BCUT2D eigenvalue weighted by atomic mass is 10.1. The first-order valence-corrected chi connectivity index (χ1v) is 7.24. The molecule has 10 nitrogen and oxygen atoms in total. The van der Waals surface area contributed by atoms with Gasteiger partial charge in [0.25, 0.3) is 17.3 Å². The highest BCUT2D eigenvalue weighted by molar-refractivity contribution is 6.36. The number of halogens is 1. The normalized spacial score (nSPS) is 10.1. The average molecular weight is 380 g/mol. The van der Waals surface area contributed by atoms with Crippen LogP contribution in [0.2, 0.25) is 5.02 Å². The Morgan fingerprint density at radius 2 is 1.69 bits per heavy atom. The Balaban J connectivity index is 2.36. The Morgan fingerprint density at radius 1 is 1.08 bits per heavy atom. The van der Waals surface area contributed by atoms with Gasteiger partial charge in [0.1, 0.15) is 5.02 Å². The van der Waals surface area contributed by atoms with Gasteiger partial charge in [-0.3, -0.25) is 25.0 Å². The van der Waals surface area contributed by atoms with E-state index < -0.39 is 43.7 Å². The van der Waals surface area contributed by atoms with Crippen molar-refractivity contribution in [3.05, 3.63) is 72.8 Å². The number of nitrogens with zero attached hydrogens (tertiary/aromatic N) is 2. The molecule has 0 saturated carbocycles. The van der Waals surface area contributed by atoms with Crippen LogP contribution in [-0.4, -0.2) is 28.8 Å². The van der Waals surface area contributed by atoms with Crippen LogP contribution in [-0.2, 0) is 4.74 Å². The number of ether oxygens (including phenoxy) is 1. The topological polar surface area (TPSA) is 142 Å². The number of nitrogens with one attached hydrogen (secondary N) is 1. The fraction of sp³-hybridized carbons (Fsp3) is 0.0667. The number of esters is 1. The minimum atomic E-state index is -0.919. The van der Waals surface area contributed by atoms with Crippen molar-refractivity contribution >= 4 is 40.5 Å². The number of methoxy groups -OCH3 is 1. The summed E-state index contributed by atoms with van der Waals surface area (Å²) >= 11 is 5.84. The van der Waals surface area contributed by atoms with Crippen LogP contribution in [0.4, 0.5) is 17.1 Å². The number of carbonyl (C=O) groups excluding carboxylic acids is 2. The molecule has 0 fully saturated rings. The molecular weight excluding hydrogens is 370 g/mol. The summed E-state index contributed by atoms with van der Waals surface area (Å²) in [5, 5.41) is 23.8. The van der Waals surface area contributed by atoms with Gasteiger partial charge in [0.2, 0.25) is 0 Å². The Morgan fingerprint density at radius 3 is 2.19 bits per heavy atom. The third kappa shape index (κ3) is 3.92. The van der Waals surface area contributed by atoms with Crippen molar-refractivity contribution in [1.29, 1.82) is 0 Å². The van der Waals surface area contributed by atoms with Gasteiger partial charge in [0.15, 0.2) is 0 Å². The van der Waals surface area contributed by atoms with Gasteiger partial charge < -0.3 is 10.1 Å². The summed E-state index contributed by atoms with van der Waals surface area (Å²) in [6.45, 7) is 0. The van der Waals surface area contributed by atoms with Gasteiger partial charge in [-0.15, -0.1) is 0 Å². The van der Waals surface area contributed by atoms with E-state index in [2.05, 4.69) is 10.1 Å². The van der Waals surface area contributed by atoms with Crippen LogP contribution < -0.4 is 5.32 Å². The number of amides is 1. The molecule has 1 amide bonds. The van der Waals surface area contributed by atoms with Gasteiger partial charge in [-0.05, 0) is 24.3 Å². The second kappa shape index (κ2) is 7.57. The van der Waals surface area contributed by atoms with Gasteiger partial charge in [-0.1, -0.05) is 11.6 Å². The Bertz CT molecular complexity index is 912. The summed E-state index contributed by atoms with van der Waals surface area (Å²) in [6, 6.07) is 7.07. The number of hydrogen-bond acceptors (Lipinski definition) is 7. The van der Waals surface area contributed by atoms with Crippen LogP contribution in [0, 0.1) is 20.2 Å². The number of carbonyl (C=O) groups is 2. The summed E-state index contributed by atoms with van der Waals surface area (Å²) in [4.78, 5) is 43.8. The molecule has 0 aliphatic heterocycles. The molecule has 0 atom stereocenters. The predicted octanol–water partition coefficient (Wildman–Crippen LogP) is 3.20. The number of benzene rings is 2. The molecule has 0 saturated heterocycles. The van der Waals surface area contributed by atoms with Crippen LogP contribution in [0.25, 0.3) is 0 Å². The number of nitro benzene ring substituents is 2. The first-order valence-electron chi connectivity index (χ1n) is 6.86. The lowest BCUT2D eigenvalue weighted by Gasteiger charge is -2.08. The predicted molar refractivity (Wildman–Crippen MR) is 90.5 cm³/mol. The van der Waals surface area contributed by atoms with E-state index >= 15 is 0 Å². The quantitative estimate of drug-likeness (QED) is 0.477. The summed E-state index contributed by atoms with van der Waals surface area (Å²) in [5.74, 6) is -1.45. The Labute approximate surface area is 150 Å². The van der Waals surface area contributed by atoms with Crippen molar-refractivity contribution in [3.8, 4) is 0 Å². The van der Waals surface area contributed by atoms with E-state index in [1.54, 1.807) is 0 Å². The first-order chi connectivity index (χ1) is 12.2. The van der Waals surface area contributed by atoms with Gasteiger partial charge >= 0.3 is 5.97 Å². The fourth-order valence-corrected chi connectivity index (χ4v) is 2.27. The second-order valence-electron chi connectivity index (χ2n) is 4.86. The molecule has 0 aliphatic carbocycles. The molecule has 0 heterocycles. The first kappa shape index (κ1) is 18.8. The van der Waals surface area contributed by atoms with Gasteiger partial charge in [0.05, 0.1) is 34.1 Å². The molecule has 1 N–H and O–H groups in total. The lowest BCUT2D eigenvalue weighted by molar-refractivity contribution is -0.394. The smallest absolute Gasteiger partial charge is 0.337 e. The molecule has 2 aromatic carbocycles. The van der Waals surface area contributed by atoms with Crippen LogP contribution in [0.3, 0.4) is 0 Å². The highest BCUT2D eigenvalue weighted by atomic mass is 35.5. The SMILES string of the molecule is COC(=O)c1ccc(NC(=O)c2cc([N+](=O)[O-])cc([N+](=O)[O-])c2Cl)cc1. The molecule has 0 bridgehead atoms. The number of anilines is 1. The molecule has 0 aromatic heterocycles. The van der Waals surface area contributed by atoms with Crippen molar-refractivity contribution in [2.24, 2.45) is 0 Å². The maximum atomic E-state index is 12.3. The zero-order chi connectivity index (χ0) is 19.4. The van der Waals surface area contributed by atoms with Crippen molar-refractivity contribution in [2.45, 2.75) is 0 Å². The summed E-state index contributed by atoms with van der Waals surface area (Å²) in [6.07, 6.45) is 0. The van der Waals surface area contributed by atoms with Gasteiger partial charge in [-0.25, -0.2) is 4.79 Å². The van der Waals surface area contributed by atoms with Gasteiger partial charge in [0, 0.05) is 11.8 Å². The molecule has 2 rings (SSSR count). The van der Waals surface area contributed by atoms with Gasteiger partial charge in [-0.2, -0.15) is 0 Å².